The van der Waals surface area contributed by atoms with E-state index in [0.29, 0.717) is 0 Å². The van der Waals surface area contributed by atoms with E-state index in [1.807, 2.05) is 30.3 Å². The first kappa shape index (κ1) is 12.4. The number of para-hydroxylation sites is 1. The van der Waals surface area contributed by atoms with E-state index in [2.05, 4.69) is 0 Å². The molecule has 2 rings (SSSR count). The molecule has 0 aromatic heterocycles. The molecular formula is C13H10ClNO3. The number of benzene rings is 2. The van der Waals surface area contributed by atoms with Crippen molar-refractivity contribution in [1.29, 1.82) is 0 Å². The van der Waals surface area contributed by atoms with Gasteiger partial charge < -0.3 is 4.74 Å². The molecule has 0 atom stereocenters. The highest BCUT2D eigenvalue weighted by Crippen LogP contribution is 2.34. The summed E-state index contributed by atoms with van der Waals surface area (Å²) in [6.07, 6.45) is 0. The first-order valence-corrected chi connectivity index (χ1v) is 5.66. The second-order valence-corrected chi connectivity index (χ2v) is 4.03. The van der Waals surface area contributed by atoms with E-state index >= 15 is 0 Å². The lowest BCUT2D eigenvalue weighted by atomic mass is 10.2. The van der Waals surface area contributed by atoms with Gasteiger partial charge in [0.2, 0.25) is 0 Å². The summed E-state index contributed by atoms with van der Waals surface area (Å²) in [7, 11) is 0. The van der Waals surface area contributed by atoms with E-state index in [1.54, 1.807) is 6.07 Å². The lowest BCUT2D eigenvalue weighted by Crippen LogP contribution is -1.99. The van der Waals surface area contributed by atoms with Gasteiger partial charge in [-0.15, -0.1) is 0 Å². The lowest BCUT2D eigenvalue weighted by Gasteiger charge is -2.07. The number of nitro groups is 1. The minimum absolute atomic E-state index is 0.0746. The Morgan fingerprint density at radius 1 is 1.11 bits per heavy atom. The maximum Gasteiger partial charge on any atom is 0.329 e. The smallest absolute Gasteiger partial charge is 0.329 e. The molecule has 0 aliphatic carbocycles. The van der Waals surface area contributed by atoms with Gasteiger partial charge in [-0.05, 0) is 17.7 Å². The molecule has 0 fully saturated rings. The number of ether oxygens (including phenoxy) is 1. The third-order valence-electron chi connectivity index (χ3n) is 2.37. The number of rotatable bonds is 4. The Bertz CT molecular complexity index is 557. The van der Waals surface area contributed by atoms with Crippen LogP contribution in [-0.4, -0.2) is 4.92 Å². The van der Waals surface area contributed by atoms with Crippen LogP contribution >= 0.6 is 11.6 Å². The van der Waals surface area contributed by atoms with Gasteiger partial charge in [0.15, 0.2) is 5.75 Å². The van der Waals surface area contributed by atoms with Crippen LogP contribution in [0.5, 0.6) is 5.75 Å². The summed E-state index contributed by atoms with van der Waals surface area (Å²) in [6, 6.07) is 14.0. The summed E-state index contributed by atoms with van der Waals surface area (Å²) in [5.74, 6) is 0.177. The Labute approximate surface area is 109 Å². The Morgan fingerprint density at radius 3 is 2.50 bits per heavy atom. The molecule has 18 heavy (non-hydrogen) atoms. The first-order valence-electron chi connectivity index (χ1n) is 5.28. The van der Waals surface area contributed by atoms with Gasteiger partial charge in [-0.1, -0.05) is 48.0 Å². The molecule has 92 valence electrons. The van der Waals surface area contributed by atoms with Crippen molar-refractivity contribution in [3.63, 3.8) is 0 Å². The highest BCUT2D eigenvalue weighted by atomic mass is 35.5. The molecule has 2 aromatic carbocycles. The zero-order valence-corrected chi connectivity index (χ0v) is 10.1. The maximum absolute atomic E-state index is 10.9. The van der Waals surface area contributed by atoms with Gasteiger partial charge >= 0.3 is 5.69 Å². The molecule has 2 aromatic rings. The average Bonchev–Trinajstić information content (AvgIpc) is 2.37. The van der Waals surface area contributed by atoms with Crippen LogP contribution in [0.2, 0.25) is 5.02 Å². The van der Waals surface area contributed by atoms with E-state index in [0.717, 1.165) is 5.56 Å². The molecule has 0 saturated heterocycles. The monoisotopic (exact) mass is 263 g/mol. The van der Waals surface area contributed by atoms with Gasteiger partial charge in [0.05, 0.1) is 4.92 Å². The van der Waals surface area contributed by atoms with Gasteiger partial charge in [-0.3, -0.25) is 10.1 Å². The highest BCUT2D eigenvalue weighted by Gasteiger charge is 2.19. The Balaban J connectivity index is 2.20. The molecule has 4 nitrogen and oxygen atoms in total. The van der Waals surface area contributed by atoms with Crippen molar-refractivity contribution in [3.05, 3.63) is 69.2 Å². The summed E-state index contributed by atoms with van der Waals surface area (Å²) in [5.41, 5.74) is 0.738. The fourth-order valence-electron chi connectivity index (χ4n) is 1.52. The molecule has 0 aliphatic rings. The molecule has 0 saturated carbocycles. The van der Waals surface area contributed by atoms with Crippen LogP contribution < -0.4 is 4.74 Å². The number of hydrogen-bond donors (Lipinski definition) is 0. The number of hydrogen-bond acceptors (Lipinski definition) is 3. The molecule has 0 radical (unpaired) electrons. The third-order valence-corrected chi connectivity index (χ3v) is 2.67. The fraction of sp³-hybridized carbons (Fsp3) is 0.0769. The summed E-state index contributed by atoms with van der Waals surface area (Å²) >= 11 is 5.78. The van der Waals surface area contributed by atoms with Crippen LogP contribution in [0.15, 0.2) is 48.5 Å². The fourth-order valence-corrected chi connectivity index (χ4v) is 1.76. The van der Waals surface area contributed by atoms with Crippen molar-refractivity contribution in [2.45, 2.75) is 6.61 Å². The quantitative estimate of drug-likeness (QED) is 0.622. The van der Waals surface area contributed by atoms with Crippen LogP contribution in [0.3, 0.4) is 0 Å². The molecule has 0 spiro atoms. The standard InChI is InChI=1S/C13H10ClNO3/c14-11-7-4-8-12(13(11)15(16)17)18-9-10-5-2-1-3-6-10/h1-8H,9H2. The molecular weight excluding hydrogens is 254 g/mol. The van der Waals surface area contributed by atoms with Gasteiger partial charge in [-0.25, -0.2) is 0 Å². The van der Waals surface area contributed by atoms with Gasteiger partial charge in [0.1, 0.15) is 11.6 Å². The Hall–Kier alpha value is -2.07. The first-order chi connectivity index (χ1) is 8.68. The largest absolute Gasteiger partial charge is 0.482 e. The average molecular weight is 264 g/mol. The van der Waals surface area contributed by atoms with Crippen LogP contribution in [0.4, 0.5) is 5.69 Å². The Kier molecular flexibility index (Phi) is 3.79. The van der Waals surface area contributed by atoms with Crippen molar-refractivity contribution < 1.29 is 9.66 Å². The van der Waals surface area contributed by atoms with E-state index in [4.69, 9.17) is 16.3 Å². The SMILES string of the molecule is O=[N+]([O-])c1c(Cl)cccc1OCc1ccccc1. The van der Waals surface area contributed by atoms with Gasteiger partial charge in [0, 0.05) is 0 Å². The zero-order valence-electron chi connectivity index (χ0n) is 9.38. The molecule has 0 unspecified atom stereocenters. The van der Waals surface area contributed by atoms with Crippen LogP contribution in [0.1, 0.15) is 5.56 Å². The van der Waals surface area contributed by atoms with Crippen molar-refractivity contribution in [1.82, 2.24) is 0 Å². The molecule has 0 N–H and O–H groups in total. The van der Waals surface area contributed by atoms with Gasteiger partial charge in [0.25, 0.3) is 0 Å². The zero-order chi connectivity index (χ0) is 13.0. The highest BCUT2D eigenvalue weighted by molar-refractivity contribution is 6.32. The second kappa shape index (κ2) is 5.51. The molecule has 0 amide bonds. The molecule has 0 heterocycles. The maximum atomic E-state index is 10.9. The minimum Gasteiger partial charge on any atom is -0.482 e. The molecule has 0 bridgehead atoms. The van der Waals surface area contributed by atoms with Crippen LogP contribution in [0, 0.1) is 10.1 Å². The second-order valence-electron chi connectivity index (χ2n) is 3.62. The van der Waals surface area contributed by atoms with E-state index in [1.165, 1.54) is 12.1 Å². The Morgan fingerprint density at radius 2 is 1.83 bits per heavy atom. The predicted molar refractivity (Wildman–Crippen MR) is 68.9 cm³/mol. The van der Waals surface area contributed by atoms with E-state index in [9.17, 15) is 10.1 Å². The van der Waals surface area contributed by atoms with Crippen molar-refractivity contribution in [2.75, 3.05) is 0 Å². The summed E-state index contributed by atoms with van der Waals surface area (Å²) in [5, 5.41) is 11.0. The molecule has 5 heteroatoms. The number of halogens is 1. The predicted octanol–water partition coefficient (Wildman–Crippen LogP) is 3.83. The summed E-state index contributed by atoms with van der Waals surface area (Å²) in [6.45, 7) is 0.266. The van der Waals surface area contributed by atoms with Crippen LogP contribution in [-0.2, 0) is 6.61 Å². The third kappa shape index (κ3) is 2.78. The van der Waals surface area contributed by atoms with Crippen molar-refractivity contribution in [2.24, 2.45) is 0 Å². The van der Waals surface area contributed by atoms with Gasteiger partial charge in [-0.2, -0.15) is 0 Å². The number of nitro benzene ring substituents is 1. The van der Waals surface area contributed by atoms with Crippen LogP contribution in [0.25, 0.3) is 0 Å². The number of nitrogens with zero attached hydrogens (tertiary/aromatic N) is 1. The summed E-state index contributed by atoms with van der Waals surface area (Å²) < 4.78 is 5.44. The normalized spacial score (nSPS) is 10.1. The lowest BCUT2D eigenvalue weighted by molar-refractivity contribution is -0.385. The minimum atomic E-state index is -0.539. The van der Waals surface area contributed by atoms with Crippen molar-refractivity contribution >= 4 is 17.3 Å². The van der Waals surface area contributed by atoms with E-state index in [-0.39, 0.29) is 23.1 Å². The van der Waals surface area contributed by atoms with E-state index < -0.39 is 4.92 Å². The molecule has 0 aliphatic heterocycles. The summed E-state index contributed by atoms with van der Waals surface area (Å²) in [4.78, 5) is 10.4. The van der Waals surface area contributed by atoms with Crippen molar-refractivity contribution in [3.8, 4) is 5.75 Å². The topological polar surface area (TPSA) is 52.4 Å².